The molecule has 86 valence electrons. The minimum atomic E-state index is -3.56. The molecule has 0 bridgehead atoms. The molecule has 1 rings (SSSR count). The zero-order valence-electron chi connectivity index (χ0n) is 8.60. The van der Waals surface area contributed by atoms with Crippen LogP contribution in [0.1, 0.15) is 0 Å². The van der Waals surface area contributed by atoms with Gasteiger partial charge in [0.15, 0.2) is 0 Å². The molecule has 8 heteroatoms. The first-order valence-electron chi connectivity index (χ1n) is 4.24. The number of nitrogens with zero attached hydrogens (tertiary/aromatic N) is 2. The van der Waals surface area contributed by atoms with Crippen LogP contribution in [0.4, 0.5) is 5.82 Å². The van der Waals surface area contributed by atoms with Gasteiger partial charge < -0.3 is 10.5 Å². The van der Waals surface area contributed by atoms with E-state index >= 15 is 0 Å². The van der Waals surface area contributed by atoms with Crippen LogP contribution in [0, 0.1) is 0 Å². The maximum absolute atomic E-state index is 11.9. The highest BCUT2D eigenvalue weighted by atomic mass is 32.2. The maximum atomic E-state index is 11.9. The van der Waals surface area contributed by atoms with E-state index in [-0.39, 0.29) is 17.3 Å². The predicted octanol–water partition coefficient (Wildman–Crippen LogP) is -0.741. The van der Waals surface area contributed by atoms with E-state index in [9.17, 15) is 8.42 Å². The monoisotopic (exact) mass is 234 g/mol. The molecule has 0 atom stereocenters. The number of ether oxygens (including phenoxy) is 1. The third-order valence-electron chi connectivity index (χ3n) is 1.93. The highest BCUT2D eigenvalue weighted by molar-refractivity contribution is 7.89. The summed E-state index contributed by atoms with van der Waals surface area (Å²) in [7, 11) is -0.598. The van der Waals surface area contributed by atoms with Crippen molar-refractivity contribution in [2.75, 3.05) is 33.0 Å². The van der Waals surface area contributed by atoms with Gasteiger partial charge in [0.25, 0.3) is 0 Å². The molecule has 0 unspecified atom stereocenters. The lowest BCUT2D eigenvalue weighted by molar-refractivity contribution is 0.185. The molecule has 1 heterocycles. The Labute approximate surface area is 88.3 Å². The maximum Gasteiger partial charge on any atom is 0.248 e. The highest BCUT2D eigenvalue weighted by Gasteiger charge is 2.24. The first kappa shape index (κ1) is 12.0. The molecule has 0 aliphatic heterocycles. The Bertz CT molecular complexity index is 414. The van der Waals surface area contributed by atoms with E-state index < -0.39 is 10.0 Å². The summed E-state index contributed by atoms with van der Waals surface area (Å²) in [6.07, 6.45) is 1.19. The number of nitrogens with two attached hydrogens (primary N) is 1. The lowest BCUT2D eigenvalue weighted by Crippen LogP contribution is -2.30. The van der Waals surface area contributed by atoms with Crippen molar-refractivity contribution in [1.82, 2.24) is 14.5 Å². The molecular formula is C7H14N4O3S. The van der Waals surface area contributed by atoms with E-state index in [0.29, 0.717) is 6.61 Å². The van der Waals surface area contributed by atoms with Crippen molar-refractivity contribution >= 4 is 15.8 Å². The molecule has 0 saturated heterocycles. The van der Waals surface area contributed by atoms with Crippen molar-refractivity contribution in [2.24, 2.45) is 0 Å². The van der Waals surface area contributed by atoms with Gasteiger partial charge in [0.2, 0.25) is 10.0 Å². The van der Waals surface area contributed by atoms with Gasteiger partial charge in [-0.1, -0.05) is 0 Å². The first-order chi connectivity index (χ1) is 7.00. The summed E-state index contributed by atoms with van der Waals surface area (Å²) in [4.78, 5) is -0.0129. The summed E-state index contributed by atoms with van der Waals surface area (Å²) < 4.78 is 29.7. The quantitative estimate of drug-likeness (QED) is 0.698. The van der Waals surface area contributed by atoms with Crippen LogP contribution < -0.4 is 5.73 Å². The van der Waals surface area contributed by atoms with Crippen molar-refractivity contribution < 1.29 is 13.2 Å². The summed E-state index contributed by atoms with van der Waals surface area (Å²) in [6.45, 7) is 0.594. The van der Waals surface area contributed by atoms with Crippen molar-refractivity contribution in [3.8, 4) is 0 Å². The Morgan fingerprint density at radius 3 is 2.80 bits per heavy atom. The predicted molar refractivity (Wildman–Crippen MR) is 54.7 cm³/mol. The van der Waals surface area contributed by atoms with Gasteiger partial charge in [-0.3, -0.25) is 5.10 Å². The van der Waals surface area contributed by atoms with E-state index in [1.54, 1.807) is 0 Å². The van der Waals surface area contributed by atoms with Crippen LogP contribution in [0.25, 0.3) is 0 Å². The number of rotatable bonds is 5. The van der Waals surface area contributed by atoms with Crippen LogP contribution in [0.15, 0.2) is 11.1 Å². The largest absolute Gasteiger partial charge is 0.383 e. The van der Waals surface area contributed by atoms with E-state index in [0.717, 1.165) is 4.31 Å². The van der Waals surface area contributed by atoms with Crippen LogP contribution >= 0.6 is 0 Å². The van der Waals surface area contributed by atoms with E-state index in [1.807, 2.05) is 0 Å². The van der Waals surface area contributed by atoms with Gasteiger partial charge in [0.05, 0.1) is 12.8 Å². The number of anilines is 1. The molecule has 15 heavy (non-hydrogen) atoms. The number of H-pyrrole nitrogens is 1. The van der Waals surface area contributed by atoms with Gasteiger partial charge in [-0.05, 0) is 0 Å². The molecule has 0 aromatic carbocycles. The molecule has 7 nitrogen and oxygen atoms in total. The third kappa shape index (κ3) is 2.46. The fourth-order valence-corrected chi connectivity index (χ4v) is 2.16. The van der Waals surface area contributed by atoms with Crippen LogP contribution in [-0.2, 0) is 14.8 Å². The molecule has 1 aromatic heterocycles. The third-order valence-corrected chi connectivity index (χ3v) is 3.82. The molecule has 0 fully saturated rings. The molecular weight excluding hydrogens is 220 g/mol. The minimum absolute atomic E-state index is 0.0129. The minimum Gasteiger partial charge on any atom is -0.383 e. The first-order valence-corrected chi connectivity index (χ1v) is 5.68. The smallest absolute Gasteiger partial charge is 0.248 e. The highest BCUT2D eigenvalue weighted by Crippen LogP contribution is 2.17. The average Bonchev–Trinajstić information content (AvgIpc) is 2.61. The molecule has 1 aromatic rings. The van der Waals surface area contributed by atoms with Crippen molar-refractivity contribution in [3.63, 3.8) is 0 Å². The second kappa shape index (κ2) is 4.60. The Morgan fingerprint density at radius 2 is 2.33 bits per heavy atom. The molecule has 0 aliphatic rings. The van der Waals surface area contributed by atoms with E-state index in [1.165, 1.54) is 20.4 Å². The Balaban J connectivity index is 2.88. The summed E-state index contributed by atoms with van der Waals surface area (Å²) >= 11 is 0. The number of likely N-dealkylation sites (N-methyl/N-ethyl adjacent to an activating group) is 1. The Hall–Kier alpha value is -1.12. The summed E-state index contributed by atoms with van der Waals surface area (Å²) in [6, 6.07) is 0. The number of hydrogen-bond acceptors (Lipinski definition) is 5. The molecule has 0 amide bonds. The van der Waals surface area contributed by atoms with Crippen LogP contribution in [0.5, 0.6) is 0 Å². The Morgan fingerprint density at radius 1 is 1.67 bits per heavy atom. The van der Waals surface area contributed by atoms with Gasteiger partial charge in [-0.25, -0.2) is 8.42 Å². The topological polar surface area (TPSA) is 101 Å². The number of aromatic nitrogens is 2. The molecule has 0 aliphatic carbocycles. The number of methoxy groups -OCH3 is 1. The Kier molecular flexibility index (Phi) is 3.66. The number of sulfonamides is 1. The molecule has 3 N–H and O–H groups in total. The van der Waals surface area contributed by atoms with Crippen molar-refractivity contribution in [1.29, 1.82) is 0 Å². The normalized spacial score (nSPS) is 12.2. The molecule has 0 radical (unpaired) electrons. The standard InChI is InChI=1S/C7H14N4O3S/c1-11(3-4-14-2)15(12,13)6-5-9-10-7(6)8/h5H,3-4H2,1-2H3,(H3,8,9,10). The fraction of sp³-hybridized carbons (Fsp3) is 0.571. The number of nitrogen functional groups attached to an aromatic ring is 1. The van der Waals surface area contributed by atoms with Gasteiger partial charge in [-0.2, -0.15) is 9.40 Å². The summed E-state index contributed by atoms with van der Waals surface area (Å²) in [5.74, 6) is 0.0410. The second-order valence-electron chi connectivity index (χ2n) is 2.97. The van der Waals surface area contributed by atoms with Gasteiger partial charge in [0.1, 0.15) is 10.7 Å². The van der Waals surface area contributed by atoms with Gasteiger partial charge in [-0.15, -0.1) is 0 Å². The second-order valence-corrected chi connectivity index (χ2v) is 4.98. The molecule has 0 spiro atoms. The zero-order valence-corrected chi connectivity index (χ0v) is 9.41. The van der Waals surface area contributed by atoms with Crippen LogP contribution in [0.3, 0.4) is 0 Å². The lowest BCUT2D eigenvalue weighted by atomic mass is 10.7. The number of nitrogens with one attached hydrogen (secondary N) is 1. The van der Waals surface area contributed by atoms with Gasteiger partial charge >= 0.3 is 0 Å². The SMILES string of the molecule is COCCN(C)S(=O)(=O)c1cn[nH]c1N. The lowest BCUT2D eigenvalue weighted by Gasteiger charge is -2.15. The van der Waals surface area contributed by atoms with Gasteiger partial charge in [0, 0.05) is 20.7 Å². The van der Waals surface area contributed by atoms with E-state index in [2.05, 4.69) is 10.2 Å². The number of aromatic amines is 1. The van der Waals surface area contributed by atoms with E-state index in [4.69, 9.17) is 10.5 Å². The van der Waals surface area contributed by atoms with Crippen LogP contribution in [-0.4, -0.2) is 50.2 Å². The number of hydrogen-bond donors (Lipinski definition) is 2. The average molecular weight is 234 g/mol. The molecule has 0 saturated carbocycles. The van der Waals surface area contributed by atoms with Crippen LogP contribution in [0.2, 0.25) is 0 Å². The summed E-state index contributed by atoms with van der Waals surface area (Å²) in [5, 5.41) is 5.94. The van der Waals surface area contributed by atoms with Crippen molar-refractivity contribution in [3.05, 3.63) is 6.20 Å². The fourth-order valence-electron chi connectivity index (χ4n) is 0.999. The zero-order chi connectivity index (χ0) is 11.5. The summed E-state index contributed by atoms with van der Waals surface area (Å²) in [5.41, 5.74) is 5.44. The van der Waals surface area contributed by atoms with Crippen molar-refractivity contribution in [2.45, 2.75) is 4.90 Å².